The summed E-state index contributed by atoms with van der Waals surface area (Å²) in [6.45, 7) is 2.39. The van der Waals surface area contributed by atoms with E-state index in [-0.39, 0.29) is 17.6 Å². The third-order valence-corrected chi connectivity index (χ3v) is 5.11. The molecule has 4 aromatic rings. The second kappa shape index (κ2) is 8.27. The zero-order valence-corrected chi connectivity index (χ0v) is 16.2. The summed E-state index contributed by atoms with van der Waals surface area (Å²) in [5, 5.41) is 2.95. The van der Waals surface area contributed by atoms with E-state index in [1.807, 2.05) is 61.8 Å². The summed E-state index contributed by atoms with van der Waals surface area (Å²) >= 11 is 0. The van der Waals surface area contributed by atoms with E-state index in [9.17, 15) is 9.18 Å². The van der Waals surface area contributed by atoms with Gasteiger partial charge >= 0.3 is 0 Å². The Morgan fingerprint density at radius 3 is 2.59 bits per heavy atom. The summed E-state index contributed by atoms with van der Waals surface area (Å²) in [5.41, 5.74) is 4.89. The van der Waals surface area contributed by atoms with Crippen LogP contribution >= 0.6 is 0 Å². The lowest BCUT2D eigenvalue weighted by atomic mass is 9.92. The van der Waals surface area contributed by atoms with E-state index < -0.39 is 0 Å². The van der Waals surface area contributed by atoms with E-state index >= 15 is 0 Å². The Kier molecular flexibility index (Phi) is 5.38. The molecule has 2 heterocycles. The minimum atomic E-state index is -0.285. The first kappa shape index (κ1) is 18.9. The van der Waals surface area contributed by atoms with Crippen LogP contribution in [-0.2, 0) is 11.3 Å². The molecule has 0 aliphatic carbocycles. The van der Waals surface area contributed by atoms with Crippen LogP contribution in [0.25, 0.3) is 5.65 Å². The van der Waals surface area contributed by atoms with Crippen LogP contribution in [0.2, 0.25) is 0 Å². The van der Waals surface area contributed by atoms with Gasteiger partial charge in [0.15, 0.2) is 0 Å². The maximum absolute atomic E-state index is 13.1. The summed E-state index contributed by atoms with van der Waals surface area (Å²) in [4.78, 5) is 17.3. The fourth-order valence-electron chi connectivity index (χ4n) is 3.57. The Morgan fingerprint density at radius 2 is 1.83 bits per heavy atom. The number of hydrogen-bond acceptors (Lipinski definition) is 2. The molecule has 1 atom stereocenters. The quantitative estimate of drug-likeness (QED) is 0.525. The normalized spacial score (nSPS) is 12.1. The predicted octanol–water partition coefficient (Wildman–Crippen LogP) is 4.62. The van der Waals surface area contributed by atoms with Gasteiger partial charge in [-0.1, -0.05) is 48.5 Å². The number of nitrogens with zero attached hydrogens (tertiary/aromatic N) is 2. The van der Waals surface area contributed by atoms with Crippen molar-refractivity contribution in [1.82, 2.24) is 14.7 Å². The molecule has 0 bridgehead atoms. The summed E-state index contributed by atoms with van der Waals surface area (Å²) < 4.78 is 15.1. The van der Waals surface area contributed by atoms with E-state index in [4.69, 9.17) is 0 Å². The number of pyridine rings is 1. The van der Waals surface area contributed by atoms with Crippen molar-refractivity contribution < 1.29 is 9.18 Å². The monoisotopic (exact) mass is 387 g/mol. The summed E-state index contributed by atoms with van der Waals surface area (Å²) in [5.74, 6) is -0.473. The highest BCUT2D eigenvalue weighted by Crippen LogP contribution is 2.29. The number of benzene rings is 2. The summed E-state index contributed by atoms with van der Waals surface area (Å²) in [6.07, 6.45) is 4.14. The Labute approximate surface area is 169 Å². The highest BCUT2D eigenvalue weighted by Gasteiger charge is 2.22. The number of aryl methyl sites for hydroxylation is 1. The molecular formula is C24H22FN3O. The van der Waals surface area contributed by atoms with Gasteiger partial charge in [-0.3, -0.25) is 4.79 Å². The van der Waals surface area contributed by atoms with Gasteiger partial charge in [-0.05, 0) is 41.8 Å². The van der Waals surface area contributed by atoms with Crippen LogP contribution < -0.4 is 5.32 Å². The molecule has 5 heteroatoms. The van der Waals surface area contributed by atoms with Crippen LogP contribution in [0.5, 0.6) is 0 Å². The average molecular weight is 387 g/mol. The van der Waals surface area contributed by atoms with Crippen LogP contribution in [0.4, 0.5) is 4.39 Å². The third-order valence-electron chi connectivity index (χ3n) is 5.11. The molecule has 1 N–H and O–H groups in total. The molecule has 0 saturated carbocycles. The predicted molar refractivity (Wildman–Crippen MR) is 111 cm³/mol. The van der Waals surface area contributed by atoms with Gasteiger partial charge in [0.25, 0.3) is 0 Å². The van der Waals surface area contributed by atoms with Crippen LogP contribution in [0.15, 0.2) is 79.1 Å². The molecule has 4 nitrogen and oxygen atoms in total. The number of carbonyl (C=O) groups is 1. The molecule has 4 rings (SSSR count). The molecule has 0 aliphatic rings. The van der Waals surface area contributed by atoms with Gasteiger partial charge in [-0.15, -0.1) is 0 Å². The van der Waals surface area contributed by atoms with Crippen molar-refractivity contribution in [3.63, 3.8) is 0 Å². The smallest absolute Gasteiger partial charge is 0.221 e. The van der Waals surface area contributed by atoms with Crippen molar-refractivity contribution in [2.24, 2.45) is 0 Å². The maximum atomic E-state index is 13.1. The lowest BCUT2D eigenvalue weighted by Gasteiger charge is -2.17. The van der Waals surface area contributed by atoms with E-state index in [0.29, 0.717) is 13.0 Å². The Balaban J connectivity index is 1.58. The zero-order chi connectivity index (χ0) is 20.2. The molecular weight excluding hydrogens is 365 g/mol. The van der Waals surface area contributed by atoms with Crippen molar-refractivity contribution >= 4 is 11.6 Å². The molecule has 2 aromatic carbocycles. The number of imidazole rings is 1. The number of rotatable bonds is 6. The van der Waals surface area contributed by atoms with E-state index in [1.54, 1.807) is 12.1 Å². The molecule has 2 aromatic heterocycles. The number of halogens is 1. The average Bonchev–Trinajstić information content (AvgIpc) is 3.17. The van der Waals surface area contributed by atoms with E-state index in [2.05, 4.69) is 14.7 Å². The number of hydrogen-bond donors (Lipinski definition) is 1. The van der Waals surface area contributed by atoms with E-state index in [1.165, 1.54) is 12.1 Å². The Bertz CT molecular complexity index is 1120. The fraction of sp³-hybridized carbons (Fsp3) is 0.167. The van der Waals surface area contributed by atoms with Crippen molar-refractivity contribution in [3.8, 4) is 0 Å². The van der Waals surface area contributed by atoms with E-state index in [0.717, 1.165) is 28.0 Å². The van der Waals surface area contributed by atoms with Gasteiger partial charge in [0, 0.05) is 31.3 Å². The van der Waals surface area contributed by atoms with Gasteiger partial charge < -0.3 is 9.72 Å². The van der Waals surface area contributed by atoms with Gasteiger partial charge in [-0.25, -0.2) is 9.37 Å². The van der Waals surface area contributed by atoms with Gasteiger partial charge in [0.2, 0.25) is 5.91 Å². The maximum Gasteiger partial charge on any atom is 0.221 e. The molecule has 0 aliphatic heterocycles. The van der Waals surface area contributed by atoms with Gasteiger partial charge in [0.1, 0.15) is 11.5 Å². The SMILES string of the molecule is Cc1cccn2c(C(CC(=O)NCc3ccc(F)cc3)c3ccccc3)cnc12. The van der Waals surface area contributed by atoms with Crippen LogP contribution in [0.3, 0.4) is 0 Å². The van der Waals surface area contributed by atoms with Crippen LogP contribution in [0, 0.1) is 12.7 Å². The third kappa shape index (κ3) is 4.19. The standard InChI is InChI=1S/C24H22FN3O/c1-17-6-5-13-28-22(16-27-24(17)28)21(19-7-3-2-4-8-19)14-23(29)26-15-18-9-11-20(25)12-10-18/h2-13,16,21H,14-15H2,1H3,(H,26,29). The van der Waals surface area contributed by atoms with Crippen molar-refractivity contribution in [2.75, 3.05) is 0 Å². The molecule has 146 valence electrons. The summed E-state index contributed by atoms with van der Waals surface area (Å²) in [7, 11) is 0. The highest BCUT2D eigenvalue weighted by molar-refractivity contribution is 5.77. The Hall–Kier alpha value is -3.47. The lowest BCUT2D eigenvalue weighted by Crippen LogP contribution is -2.25. The van der Waals surface area contributed by atoms with Gasteiger partial charge in [0.05, 0.1) is 5.69 Å². The minimum Gasteiger partial charge on any atom is -0.352 e. The number of fused-ring (bicyclic) bond motifs is 1. The van der Waals surface area contributed by atoms with Crippen LogP contribution in [-0.4, -0.2) is 15.3 Å². The fourth-order valence-corrected chi connectivity index (χ4v) is 3.57. The highest BCUT2D eigenvalue weighted by atomic mass is 19.1. The number of aromatic nitrogens is 2. The second-order valence-corrected chi connectivity index (χ2v) is 7.14. The molecule has 1 unspecified atom stereocenters. The largest absolute Gasteiger partial charge is 0.352 e. The van der Waals surface area contributed by atoms with Crippen molar-refractivity contribution in [3.05, 3.63) is 107 Å². The topological polar surface area (TPSA) is 46.4 Å². The lowest BCUT2D eigenvalue weighted by molar-refractivity contribution is -0.121. The van der Waals surface area contributed by atoms with Crippen molar-refractivity contribution in [2.45, 2.75) is 25.8 Å². The molecule has 0 fully saturated rings. The molecule has 0 saturated heterocycles. The Morgan fingerprint density at radius 1 is 1.07 bits per heavy atom. The molecule has 0 spiro atoms. The summed E-state index contributed by atoms with van der Waals surface area (Å²) in [6, 6.07) is 20.2. The first-order valence-corrected chi connectivity index (χ1v) is 9.60. The first-order valence-electron chi connectivity index (χ1n) is 9.60. The first-order chi connectivity index (χ1) is 14.1. The number of amides is 1. The van der Waals surface area contributed by atoms with Gasteiger partial charge in [-0.2, -0.15) is 0 Å². The minimum absolute atomic E-state index is 0.0641. The van der Waals surface area contributed by atoms with Crippen molar-refractivity contribution in [1.29, 1.82) is 0 Å². The second-order valence-electron chi connectivity index (χ2n) is 7.14. The molecule has 0 radical (unpaired) electrons. The number of carbonyl (C=O) groups excluding carboxylic acids is 1. The zero-order valence-electron chi connectivity index (χ0n) is 16.2. The van der Waals surface area contributed by atoms with Crippen LogP contribution in [0.1, 0.15) is 34.7 Å². The number of nitrogens with one attached hydrogen (secondary N) is 1. The molecule has 1 amide bonds. The molecule has 29 heavy (non-hydrogen) atoms.